The van der Waals surface area contributed by atoms with Gasteiger partial charge < -0.3 is 5.11 Å². The predicted molar refractivity (Wildman–Crippen MR) is 87.5 cm³/mol. The number of carboxylic acid groups (broad SMARTS) is 1. The van der Waals surface area contributed by atoms with Crippen molar-refractivity contribution in [1.29, 1.82) is 0 Å². The maximum Gasteiger partial charge on any atom is 0.336 e. The van der Waals surface area contributed by atoms with Crippen LogP contribution in [0.5, 0.6) is 0 Å². The maximum absolute atomic E-state index is 11.4. The lowest BCUT2D eigenvalue weighted by atomic mass is 10.0. The van der Waals surface area contributed by atoms with Crippen molar-refractivity contribution in [3.05, 3.63) is 53.5 Å². The van der Waals surface area contributed by atoms with Crippen LogP contribution < -0.4 is 0 Å². The van der Waals surface area contributed by atoms with E-state index in [2.05, 4.69) is 20.2 Å². The van der Waals surface area contributed by atoms with Crippen molar-refractivity contribution in [2.75, 3.05) is 6.54 Å². The summed E-state index contributed by atoms with van der Waals surface area (Å²) in [5.41, 5.74) is 3.19. The van der Waals surface area contributed by atoms with Crippen LogP contribution >= 0.6 is 0 Å². The third-order valence-electron chi connectivity index (χ3n) is 4.41. The third kappa shape index (κ3) is 2.63. The normalized spacial score (nSPS) is 15.2. The van der Waals surface area contributed by atoms with Crippen molar-refractivity contribution >= 4 is 16.9 Å². The van der Waals surface area contributed by atoms with Gasteiger partial charge in [0.15, 0.2) is 0 Å². The maximum atomic E-state index is 11.4. The highest BCUT2D eigenvalue weighted by molar-refractivity contribution is 6.03. The Hall–Kier alpha value is -2.80. The van der Waals surface area contributed by atoms with Gasteiger partial charge in [0, 0.05) is 37.8 Å². The van der Waals surface area contributed by atoms with Crippen molar-refractivity contribution in [1.82, 2.24) is 24.9 Å². The topological polar surface area (TPSA) is 84.1 Å². The van der Waals surface area contributed by atoms with Crippen LogP contribution in [0.3, 0.4) is 0 Å². The van der Waals surface area contributed by atoms with Gasteiger partial charge in [0.05, 0.1) is 23.0 Å². The Morgan fingerprint density at radius 2 is 2.17 bits per heavy atom. The van der Waals surface area contributed by atoms with Gasteiger partial charge in [-0.2, -0.15) is 0 Å². The van der Waals surface area contributed by atoms with Crippen molar-refractivity contribution in [2.24, 2.45) is 0 Å². The number of aromatic nitrogens is 4. The van der Waals surface area contributed by atoms with Crippen LogP contribution in [0.4, 0.5) is 0 Å². The highest BCUT2D eigenvalue weighted by Gasteiger charge is 2.18. The van der Waals surface area contributed by atoms with E-state index in [-0.39, 0.29) is 0 Å². The zero-order valence-electron chi connectivity index (χ0n) is 13.1. The first-order valence-electron chi connectivity index (χ1n) is 7.92. The van der Waals surface area contributed by atoms with Crippen LogP contribution in [-0.4, -0.2) is 42.5 Å². The lowest BCUT2D eigenvalue weighted by Gasteiger charge is -2.20. The Morgan fingerprint density at radius 3 is 3.04 bits per heavy atom. The molecule has 0 fully saturated rings. The number of pyridine rings is 1. The molecule has 2 aromatic heterocycles. The first kappa shape index (κ1) is 14.8. The van der Waals surface area contributed by atoms with E-state index >= 15 is 0 Å². The second kappa shape index (κ2) is 6.01. The molecular weight excluding hydrogens is 306 g/mol. The fourth-order valence-electron chi connectivity index (χ4n) is 3.26. The van der Waals surface area contributed by atoms with Crippen molar-refractivity contribution in [2.45, 2.75) is 26.1 Å². The number of fused-ring (bicyclic) bond motifs is 2. The molecule has 0 saturated carbocycles. The Labute approximate surface area is 138 Å². The highest BCUT2D eigenvalue weighted by atomic mass is 16.4. The van der Waals surface area contributed by atoms with Gasteiger partial charge in [-0.1, -0.05) is 17.3 Å². The number of rotatable bonds is 3. The molecule has 0 saturated heterocycles. The minimum atomic E-state index is -0.927. The molecule has 0 bridgehead atoms. The molecule has 1 N–H and O–H groups in total. The van der Waals surface area contributed by atoms with E-state index < -0.39 is 5.97 Å². The Morgan fingerprint density at radius 1 is 1.25 bits per heavy atom. The first-order chi connectivity index (χ1) is 11.7. The molecule has 0 atom stereocenters. The van der Waals surface area contributed by atoms with Crippen LogP contribution in [0, 0.1) is 0 Å². The summed E-state index contributed by atoms with van der Waals surface area (Å²) in [4.78, 5) is 18.2. The number of benzene rings is 1. The highest BCUT2D eigenvalue weighted by Crippen LogP contribution is 2.23. The van der Waals surface area contributed by atoms with E-state index in [1.807, 2.05) is 23.0 Å². The van der Waals surface area contributed by atoms with E-state index in [1.165, 1.54) is 0 Å². The summed E-state index contributed by atoms with van der Waals surface area (Å²) in [7, 11) is 0. The molecule has 7 nitrogen and oxygen atoms in total. The molecular formula is C17H17N5O2. The zero-order chi connectivity index (χ0) is 16.5. The standard InChI is InChI=1S/C17H17N5O2/c23-17(24)15-5-4-12(16-14(15)3-1-6-18-16)10-21-7-2-8-22-13(11-21)9-19-20-22/h1,3-6,9H,2,7-8,10-11H2,(H,23,24). The molecule has 3 heterocycles. The lowest BCUT2D eigenvalue weighted by molar-refractivity contribution is 0.0699. The molecule has 0 radical (unpaired) electrons. The van der Waals surface area contributed by atoms with Gasteiger partial charge in [-0.05, 0) is 24.1 Å². The fraction of sp³-hybridized carbons (Fsp3) is 0.294. The number of carbonyl (C=O) groups is 1. The van der Waals surface area contributed by atoms with E-state index in [1.54, 1.807) is 18.3 Å². The summed E-state index contributed by atoms with van der Waals surface area (Å²) in [6, 6.07) is 7.13. The lowest BCUT2D eigenvalue weighted by Crippen LogP contribution is -2.23. The zero-order valence-corrected chi connectivity index (χ0v) is 13.1. The smallest absolute Gasteiger partial charge is 0.336 e. The van der Waals surface area contributed by atoms with Crippen molar-refractivity contribution in [3.63, 3.8) is 0 Å². The minimum absolute atomic E-state index is 0.292. The van der Waals surface area contributed by atoms with Crippen LogP contribution in [0.25, 0.3) is 10.9 Å². The number of hydrogen-bond donors (Lipinski definition) is 1. The molecule has 3 aromatic rings. The molecule has 0 unspecified atom stereocenters. The predicted octanol–water partition coefficient (Wildman–Crippen LogP) is 1.93. The molecule has 0 amide bonds. The van der Waals surface area contributed by atoms with Crippen molar-refractivity contribution in [3.8, 4) is 0 Å². The van der Waals surface area contributed by atoms with E-state index in [0.29, 0.717) is 10.9 Å². The Bertz CT molecular complexity index is 905. The van der Waals surface area contributed by atoms with Gasteiger partial charge >= 0.3 is 5.97 Å². The summed E-state index contributed by atoms with van der Waals surface area (Å²) < 4.78 is 1.95. The molecule has 0 spiro atoms. The monoisotopic (exact) mass is 323 g/mol. The number of nitrogens with zero attached hydrogens (tertiary/aromatic N) is 5. The molecule has 4 rings (SSSR count). The van der Waals surface area contributed by atoms with Crippen LogP contribution in [0.2, 0.25) is 0 Å². The number of carboxylic acids is 1. The number of hydrogen-bond acceptors (Lipinski definition) is 5. The van der Waals surface area contributed by atoms with Gasteiger partial charge in [-0.15, -0.1) is 5.10 Å². The number of aromatic carboxylic acids is 1. The Kier molecular flexibility index (Phi) is 3.70. The van der Waals surface area contributed by atoms with E-state index in [9.17, 15) is 9.90 Å². The second-order valence-electron chi connectivity index (χ2n) is 5.99. The quantitative estimate of drug-likeness (QED) is 0.793. The molecule has 1 aliphatic heterocycles. The summed E-state index contributed by atoms with van der Waals surface area (Å²) in [5.74, 6) is -0.927. The summed E-state index contributed by atoms with van der Waals surface area (Å²) in [6.45, 7) is 3.34. The van der Waals surface area contributed by atoms with Gasteiger partial charge in [-0.25, -0.2) is 9.48 Å². The van der Waals surface area contributed by atoms with Crippen LogP contribution in [0.1, 0.15) is 28.0 Å². The third-order valence-corrected chi connectivity index (χ3v) is 4.41. The van der Waals surface area contributed by atoms with Gasteiger partial charge in [-0.3, -0.25) is 9.88 Å². The van der Waals surface area contributed by atoms with Crippen LogP contribution in [0.15, 0.2) is 36.7 Å². The SMILES string of the molecule is O=C(O)c1ccc(CN2CCCn3nncc3C2)c2ncccc12. The molecule has 1 aliphatic rings. The van der Waals surface area contributed by atoms with Crippen LogP contribution in [-0.2, 0) is 19.6 Å². The Balaban J connectivity index is 1.68. The average Bonchev–Trinajstić information content (AvgIpc) is 2.93. The minimum Gasteiger partial charge on any atom is -0.478 e. The van der Waals surface area contributed by atoms with E-state index in [0.717, 1.165) is 49.4 Å². The molecule has 24 heavy (non-hydrogen) atoms. The summed E-state index contributed by atoms with van der Waals surface area (Å²) >= 11 is 0. The van der Waals surface area contributed by atoms with Crippen molar-refractivity contribution < 1.29 is 9.90 Å². The molecule has 0 aliphatic carbocycles. The van der Waals surface area contributed by atoms with Gasteiger partial charge in [0.1, 0.15) is 0 Å². The number of aryl methyl sites for hydroxylation is 1. The van der Waals surface area contributed by atoms with Gasteiger partial charge in [0.2, 0.25) is 0 Å². The molecule has 7 heteroatoms. The summed E-state index contributed by atoms with van der Waals surface area (Å²) in [5, 5.41) is 18.1. The second-order valence-corrected chi connectivity index (χ2v) is 5.99. The molecule has 1 aromatic carbocycles. The first-order valence-corrected chi connectivity index (χ1v) is 7.92. The average molecular weight is 323 g/mol. The molecule has 122 valence electrons. The van der Waals surface area contributed by atoms with E-state index in [4.69, 9.17) is 0 Å². The van der Waals surface area contributed by atoms with Gasteiger partial charge in [0.25, 0.3) is 0 Å². The summed E-state index contributed by atoms with van der Waals surface area (Å²) in [6.07, 6.45) is 4.52. The fourth-order valence-corrected chi connectivity index (χ4v) is 3.26. The largest absolute Gasteiger partial charge is 0.478 e.